The average molecular weight is 364 g/mol. The van der Waals surface area contributed by atoms with E-state index in [1.165, 1.54) is 0 Å². The lowest BCUT2D eigenvalue weighted by atomic mass is 10.0. The van der Waals surface area contributed by atoms with E-state index in [1.807, 2.05) is 36.4 Å². The zero-order valence-electron chi connectivity index (χ0n) is 12.6. The fourth-order valence-corrected chi connectivity index (χ4v) is 3.56. The largest absolute Gasteiger partial charge is 0.280 e. The normalized spacial score (nSPS) is 11.2. The van der Waals surface area contributed by atoms with Gasteiger partial charge in [-0.25, -0.2) is 0 Å². The maximum Gasteiger partial charge on any atom is 0.228 e. The number of aromatic nitrogens is 1. The highest BCUT2D eigenvalue weighted by Gasteiger charge is 2.13. The predicted octanol–water partition coefficient (Wildman–Crippen LogP) is 5.88. The maximum absolute atomic E-state index is 12.1. The molecule has 0 aliphatic heterocycles. The first-order valence-corrected chi connectivity index (χ1v) is 8.24. The fourth-order valence-electron chi connectivity index (χ4n) is 3.16. The van der Waals surface area contributed by atoms with E-state index in [2.05, 4.69) is 46.3 Å². The molecule has 0 saturated heterocycles. The molecule has 0 spiro atoms. The second kappa shape index (κ2) is 5.36. The van der Waals surface area contributed by atoms with Gasteiger partial charge in [0.2, 0.25) is 5.91 Å². The third-order valence-electron chi connectivity index (χ3n) is 4.15. The van der Waals surface area contributed by atoms with Crippen molar-refractivity contribution in [3.05, 3.63) is 71.2 Å². The van der Waals surface area contributed by atoms with E-state index in [1.54, 1.807) is 11.5 Å². The van der Waals surface area contributed by atoms with Gasteiger partial charge in [0.05, 0.1) is 11.0 Å². The van der Waals surface area contributed by atoms with Crippen molar-refractivity contribution < 1.29 is 4.79 Å². The molecule has 0 unspecified atom stereocenters. The molecule has 0 aliphatic carbocycles. The van der Waals surface area contributed by atoms with Crippen molar-refractivity contribution in [1.82, 2.24) is 4.57 Å². The van der Waals surface area contributed by atoms with Gasteiger partial charge in [-0.15, -0.1) is 0 Å². The Morgan fingerprint density at radius 1 is 0.826 bits per heavy atom. The van der Waals surface area contributed by atoms with Gasteiger partial charge in [-0.1, -0.05) is 52.3 Å². The molecule has 3 heteroatoms. The van der Waals surface area contributed by atoms with Crippen molar-refractivity contribution >= 4 is 43.6 Å². The van der Waals surface area contributed by atoms with Crippen LogP contribution in [0.15, 0.2) is 71.2 Å². The van der Waals surface area contributed by atoms with Crippen LogP contribution >= 0.6 is 15.9 Å². The Hall–Kier alpha value is -2.39. The Morgan fingerprint density at radius 3 is 2.35 bits per heavy atom. The van der Waals surface area contributed by atoms with E-state index in [9.17, 15) is 4.79 Å². The molecule has 0 saturated carbocycles. The van der Waals surface area contributed by atoms with Crippen LogP contribution in [0, 0.1) is 0 Å². The molecular formula is C20H14BrNO. The Bertz CT molecular complexity index is 1060. The van der Waals surface area contributed by atoms with Gasteiger partial charge >= 0.3 is 0 Å². The van der Waals surface area contributed by atoms with E-state index in [-0.39, 0.29) is 5.91 Å². The number of rotatable bonds is 1. The van der Waals surface area contributed by atoms with Crippen LogP contribution in [0.1, 0.15) is 11.7 Å². The molecule has 23 heavy (non-hydrogen) atoms. The van der Waals surface area contributed by atoms with Crippen molar-refractivity contribution in [2.24, 2.45) is 0 Å². The summed E-state index contributed by atoms with van der Waals surface area (Å²) in [7, 11) is 0. The molecule has 0 fully saturated rings. The molecule has 3 aromatic carbocycles. The fraction of sp³-hybridized carbons (Fsp3) is 0.0500. The van der Waals surface area contributed by atoms with E-state index >= 15 is 0 Å². The minimum absolute atomic E-state index is 0.0337. The smallest absolute Gasteiger partial charge is 0.228 e. The number of para-hydroxylation sites is 1. The molecule has 1 aromatic heterocycles. The van der Waals surface area contributed by atoms with Crippen molar-refractivity contribution in [2.75, 3.05) is 0 Å². The summed E-state index contributed by atoms with van der Waals surface area (Å²) in [5.41, 5.74) is 4.21. The lowest BCUT2D eigenvalue weighted by molar-refractivity contribution is 0.0946. The molecule has 0 amide bonds. The van der Waals surface area contributed by atoms with Gasteiger partial charge in [-0.05, 0) is 41.5 Å². The second-order valence-corrected chi connectivity index (χ2v) is 6.53. The number of hydrogen-bond donors (Lipinski definition) is 0. The number of benzene rings is 3. The minimum atomic E-state index is 0.0337. The summed E-state index contributed by atoms with van der Waals surface area (Å²) < 4.78 is 2.84. The van der Waals surface area contributed by atoms with Gasteiger partial charge in [-0.3, -0.25) is 9.36 Å². The number of fused-ring (bicyclic) bond motifs is 3. The first-order valence-electron chi connectivity index (χ1n) is 7.45. The Labute approximate surface area is 142 Å². The van der Waals surface area contributed by atoms with Crippen molar-refractivity contribution in [3.63, 3.8) is 0 Å². The number of carbonyl (C=O) groups excluding carboxylic acids is 1. The Morgan fingerprint density at radius 2 is 1.57 bits per heavy atom. The summed E-state index contributed by atoms with van der Waals surface area (Å²) in [6.07, 6.45) is 0. The first kappa shape index (κ1) is 14.2. The van der Waals surface area contributed by atoms with Crippen LogP contribution in [-0.2, 0) is 0 Å². The molecule has 1 heterocycles. The van der Waals surface area contributed by atoms with E-state index < -0.39 is 0 Å². The summed E-state index contributed by atoms with van der Waals surface area (Å²) in [4.78, 5) is 12.1. The van der Waals surface area contributed by atoms with Crippen LogP contribution in [0.2, 0.25) is 0 Å². The van der Waals surface area contributed by atoms with Crippen LogP contribution in [0.25, 0.3) is 32.9 Å². The first-order chi connectivity index (χ1) is 11.1. The highest BCUT2D eigenvalue weighted by atomic mass is 79.9. The van der Waals surface area contributed by atoms with Gasteiger partial charge in [0, 0.05) is 22.2 Å². The number of halogens is 1. The summed E-state index contributed by atoms with van der Waals surface area (Å²) in [5.74, 6) is 0.0337. The lowest BCUT2D eigenvalue weighted by Crippen LogP contribution is -2.04. The van der Waals surface area contributed by atoms with Crippen molar-refractivity contribution in [2.45, 2.75) is 6.92 Å². The average Bonchev–Trinajstić information content (AvgIpc) is 2.88. The van der Waals surface area contributed by atoms with Crippen LogP contribution in [-0.4, -0.2) is 10.5 Å². The van der Waals surface area contributed by atoms with Crippen molar-refractivity contribution in [3.8, 4) is 11.1 Å². The second-order valence-electron chi connectivity index (χ2n) is 5.61. The van der Waals surface area contributed by atoms with Crippen LogP contribution in [0.5, 0.6) is 0 Å². The summed E-state index contributed by atoms with van der Waals surface area (Å²) in [6, 6.07) is 22.6. The highest BCUT2D eigenvalue weighted by Crippen LogP contribution is 2.33. The zero-order chi connectivity index (χ0) is 16.0. The number of nitrogens with zero attached hydrogens (tertiary/aromatic N) is 1. The van der Waals surface area contributed by atoms with Crippen molar-refractivity contribution in [1.29, 1.82) is 0 Å². The monoisotopic (exact) mass is 363 g/mol. The van der Waals surface area contributed by atoms with E-state index in [0.29, 0.717) is 0 Å². The quantitative estimate of drug-likeness (QED) is 0.413. The van der Waals surface area contributed by atoms with Gasteiger partial charge in [0.25, 0.3) is 0 Å². The van der Waals surface area contributed by atoms with E-state index in [4.69, 9.17) is 0 Å². The Balaban J connectivity index is 2.06. The predicted molar refractivity (Wildman–Crippen MR) is 98.9 cm³/mol. The molecule has 0 radical (unpaired) electrons. The van der Waals surface area contributed by atoms with Crippen LogP contribution < -0.4 is 0 Å². The number of carbonyl (C=O) groups is 1. The zero-order valence-corrected chi connectivity index (χ0v) is 14.2. The molecule has 0 aliphatic rings. The van der Waals surface area contributed by atoms with Gasteiger partial charge in [0.1, 0.15) is 0 Å². The summed E-state index contributed by atoms with van der Waals surface area (Å²) >= 11 is 3.52. The van der Waals surface area contributed by atoms with Gasteiger partial charge < -0.3 is 0 Å². The molecule has 112 valence electrons. The third-order valence-corrected chi connectivity index (χ3v) is 4.64. The Kier molecular flexibility index (Phi) is 3.31. The standard InChI is InChI=1S/C20H14BrNO/c1-13(23)22-19-8-3-2-7-17(19)18-12-15(9-10-20(18)22)14-5-4-6-16(21)11-14/h2-12H,1H3. The van der Waals surface area contributed by atoms with Crippen LogP contribution in [0.4, 0.5) is 0 Å². The van der Waals surface area contributed by atoms with E-state index in [0.717, 1.165) is 37.4 Å². The number of hydrogen-bond acceptors (Lipinski definition) is 1. The molecule has 4 rings (SSSR count). The molecule has 4 aromatic rings. The minimum Gasteiger partial charge on any atom is -0.280 e. The van der Waals surface area contributed by atoms with Gasteiger partial charge in [-0.2, -0.15) is 0 Å². The molecular weight excluding hydrogens is 350 g/mol. The maximum atomic E-state index is 12.1. The van der Waals surface area contributed by atoms with Gasteiger partial charge in [0.15, 0.2) is 0 Å². The molecule has 0 N–H and O–H groups in total. The SMILES string of the molecule is CC(=O)n1c2ccccc2c2cc(-c3cccc(Br)c3)ccc21. The summed E-state index contributed by atoms with van der Waals surface area (Å²) in [6.45, 7) is 1.61. The molecule has 0 atom stereocenters. The molecule has 2 nitrogen and oxygen atoms in total. The van der Waals surface area contributed by atoms with Crippen LogP contribution in [0.3, 0.4) is 0 Å². The lowest BCUT2D eigenvalue weighted by Gasteiger charge is -2.04. The molecule has 0 bridgehead atoms. The summed E-state index contributed by atoms with van der Waals surface area (Å²) in [5, 5.41) is 2.21. The highest BCUT2D eigenvalue weighted by molar-refractivity contribution is 9.10. The third kappa shape index (κ3) is 2.28. The topological polar surface area (TPSA) is 22.0 Å².